The minimum absolute atomic E-state index is 0.0224. The fourth-order valence-corrected chi connectivity index (χ4v) is 4.92. The van der Waals surface area contributed by atoms with E-state index in [2.05, 4.69) is 73.0 Å². The Balaban J connectivity index is 1.77. The van der Waals surface area contributed by atoms with Crippen molar-refractivity contribution < 1.29 is 4.74 Å². The van der Waals surface area contributed by atoms with E-state index >= 15 is 0 Å². The van der Waals surface area contributed by atoms with Gasteiger partial charge in [0.15, 0.2) is 0 Å². The second-order valence-electron chi connectivity index (χ2n) is 9.76. The van der Waals surface area contributed by atoms with Gasteiger partial charge in [0.2, 0.25) is 0 Å². The molecule has 1 unspecified atom stereocenters. The molecule has 0 saturated carbocycles. The summed E-state index contributed by atoms with van der Waals surface area (Å²) in [7, 11) is 0. The number of aromatic nitrogens is 2. The van der Waals surface area contributed by atoms with Crippen molar-refractivity contribution in [2.24, 2.45) is 5.92 Å². The summed E-state index contributed by atoms with van der Waals surface area (Å²) in [5, 5.41) is 6.75. The van der Waals surface area contributed by atoms with Gasteiger partial charge < -0.3 is 20.3 Å². The molecule has 34 heavy (non-hydrogen) atoms. The Morgan fingerprint density at radius 3 is 2.71 bits per heavy atom. The SMILES string of the molecule is C=CNc1cc(Nc2cc(N3CCC(C)CC3)cc(C3(CC)CCOC3)n2)c(C(C)=CC)cn1. The summed E-state index contributed by atoms with van der Waals surface area (Å²) in [6.45, 7) is 16.3. The van der Waals surface area contributed by atoms with Crippen LogP contribution >= 0.6 is 0 Å². The first-order chi connectivity index (χ1) is 16.5. The summed E-state index contributed by atoms with van der Waals surface area (Å²) in [6.07, 6.45) is 10.1. The standard InChI is InChI=1S/C28H39N5O/c1-6-21(5)23-18-30-26(29-8-3)17-24(23)31-27-16-22(33-12-9-20(4)10-13-33)15-25(32-27)28(7-2)11-14-34-19-28/h6,8,15-18,20H,3,7,9-14,19H2,1-2,4-5H3,(H2,29,30,31,32). The van der Waals surface area contributed by atoms with Crippen molar-refractivity contribution in [3.8, 4) is 0 Å². The molecule has 2 aliphatic heterocycles. The molecule has 0 amide bonds. The van der Waals surface area contributed by atoms with Crippen molar-refractivity contribution in [3.05, 3.63) is 54.5 Å². The molecule has 2 aromatic rings. The van der Waals surface area contributed by atoms with Crippen LogP contribution < -0.4 is 15.5 Å². The van der Waals surface area contributed by atoms with Gasteiger partial charge in [-0.25, -0.2) is 9.97 Å². The Morgan fingerprint density at radius 2 is 2.06 bits per heavy atom. The van der Waals surface area contributed by atoms with E-state index in [4.69, 9.17) is 9.72 Å². The Morgan fingerprint density at radius 1 is 1.26 bits per heavy atom. The fraction of sp³-hybridized carbons (Fsp3) is 0.500. The molecule has 2 N–H and O–H groups in total. The summed E-state index contributed by atoms with van der Waals surface area (Å²) in [6, 6.07) is 6.54. The van der Waals surface area contributed by atoms with E-state index in [0.717, 1.165) is 79.2 Å². The zero-order valence-corrected chi connectivity index (χ0v) is 21.2. The second kappa shape index (κ2) is 10.6. The molecule has 1 atom stereocenters. The number of hydrogen-bond acceptors (Lipinski definition) is 6. The summed E-state index contributed by atoms with van der Waals surface area (Å²) >= 11 is 0. The zero-order valence-electron chi connectivity index (χ0n) is 21.2. The van der Waals surface area contributed by atoms with Gasteiger partial charge in [-0.3, -0.25) is 0 Å². The first kappa shape index (κ1) is 24.3. The summed E-state index contributed by atoms with van der Waals surface area (Å²) in [5.41, 5.74) is 5.57. The summed E-state index contributed by atoms with van der Waals surface area (Å²) < 4.78 is 5.86. The minimum Gasteiger partial charge on any atom is -0.380 e. The number of nitrogens with one attached hydrogen (secondary N) is 2. The number of ether oxygens (including phenoxy) is 1. The number of nitrogens with zero attached hydrogens (tertiary/aromatic N) is 3. The molecular formula is C28H39N5O. The van der Waals surface area contributed by atoms with Crippen LogP contribution in [0.15, 0.2) is 43.3 Å². The van der Waals surface area contributed by atoms with Crippen LogP contribution in [-0.2, 0) is 10.2 Å². The number of hydrogen-bond donors (Lipinski definition) is 2. The van der Waals surface area contributed by atoms with Crippen molar-refractivity contribution in [3.63, 3.8) is 0 Å². The highest BCUT2D eigenvalue weighted by molar-refractivity contribution is 5.79. The average Bonchev–Trinajstić information content (AvgIpc) is 3.35. The predicted molar refractivity (Wildman–Crippen MR) is 143 cm³/mol. The van der Waals surface area contributed by atoms with E-state index in [9.17, 15) is 0 Å². The van der Waals surface area contributed by atoms with Crippen LogP contribution in [0.3, 0.4) is 0 Å². The molecule has 6 nitrogen and oxygen atoms in total. The maximum Gasteiger partial charge on any atom is 0.132 e. The van der Waals surface area contributed by atoms with Crippen LogP contribution in [0, 0.1) is 5.92 Å². The number of allylic oxidation sites excluding steroid dienone is 2. The highest BCUT2D eigenvalue weighted by atomic mass is 16.5. The van der Waals surface area contributed by atoms with E-state index in [1.807, 2.05) is 12.3 Å². The van der Waals surface area contributed by atoms with Crippen molar-refractivity contribution in [2.75, 3.05) is 41.8 Å². The minimum atomic E-state index is -0.0224. The van der Waals surface area contributed by atoms with Crippen molar-refractivity contribution >= 4 is 28.6 Å². The molecule has 0 aromatic carbocycles. The van der Waals surface area contributed by atoms with Crippen LogP contribution in [0.1, 0.15) is 64.6 Å². The van der Waals surface area contributed by atoms with Crippen molar-refractivity contribution in [1.82, 2.24) is 9.97 Å². The molecule has 4 rings (SSSR count). The van der Waals surface area contributed by atoms with Crippen LogP contribution in [0.25, 0.3) is 5.57 Å². The first-order valence-corrected chi connectivity index (χ1v) is 12.6. The Labute approximate surface area is 204 Å². The van der Waals surface area contributed by atoms with Crippen LogP contribution in [0.5, 0.6) is 0 Å². The molecule has 2 fully saturated rings. The summed E-state index contributed by atoms with van der Waals surface area (Å²) in [4.78, 5) is 12.2. The van der Waals surface area contributed by atoms with Crippen LogP contribution in [-0.4, -0.2) is 36.3 Å². The molecule has 0 spiro atoms. The van der Waals surface area contributed by atoms with E-state index in [1.54, 1.807) is 6.20 Å². The average molecular weight is 462 g/mol. The quantitative estimate of drug-likeness (QED) is 0.468. The molecule has 0 aliphatic carbocycles. The van der Waals surface area contributed by atoms with Crippen LogP contribution in [0.2, 0.25) is 0 Å². The van der Waals surface area contributed by atoms with E-state index in [1.165, 1.54) is 18.5 Å². The van der Waals surface area contributed by atoms with Crippen molar-refractivity contribution in [2.45, 2.75) is 58.8 Å². The molecule has 0 bridgehead atoms. The lowest BCUT2D eigenvalue weighted by Gasteiger charge is -2.34. The lowest BCUT2D eigenvalue weighted by molar-refractivity contribution is 0.175. The van der Waals surface area contributed by atoms with Crippen molar-refractivity contribution in [1.29, 1.82) is 0 Å². The lowest BCUT2D eigenvalue weighted by Crippen LogP contribution is -2.34. The van der Waals surface area contributed by atoms with Gasteiger partial charge in [-0.05, 0) is 63.3 Å². The summed E-state index contributed by atoms with van der Waals surface area (Å²) in [5.74, 6) is 2.41. The van der Waals surface area contributed by atoms with E-state index in [0.29, 0.717) is 0 Å². The first-order valence-electron chi connectivity index (χ1n) is 12.6. The van der Waals surface area contributed by atoms with Gasteiger partial charge in [0.05, 0.1) is 18.0 Å². The molecule has 2 aromatic heterocycles. The number of pyridine rings is 2. The Kier molecular flexibility index (Phi) is 7.57. The number of rotatable bonds is 8. The highest BCUT2D eigenvalue weighted by Gasteiger charge is 2.37. The third-order valence-corrected chi connectivity index (χ3v) is 7.56. The Bertz CT molecular complexity index is 1030. The molecule has 0 radical (unpaired) electrons. The van der Waals surface area contributed by atoms with Gasteiger partial charge in [-0.15, -0.1) is 0 Å². The molecule has 4 heterocycles. The lowest BCUT2D eigenvalue weighted by atomic mass is 9.80. The molecule has 2 saturated heterocycles. The van der Waals surface area contributed by atoms with E-state index in [-0.39, 0.29) is 5.41 Å². The van der Waals surface area contributed by atoms with Gasteiger partial charge >= 0.3 is 0 Å². The highest BCUT2D eigenvalue weighted by Crippen LogP contribution is 2.39. The largest absolute Gasteiger partial charge is 0.380 e. The maximum atomic E-state index is 5.86. The number of piperidine rings is 1. The smallest absolute Gasteiger partial charge is 0.132 e. The topological polar surface area (TPSA) is 62.3 Å². The molecule has 6 heteroatoms. The fourth-order valence-electron chi connectivity index (χ4n) is 4.92. The molecular weight excluding hydrogens is 422 g/mol. The van der Waals surface area contributed by atoms with Crippen LogP contribution in [0.4, 0.5) is 23.0 Å². The zero-order chi connectivity index (χ0) is 24.1. The van der Waals surface area contributed by atoms with E-state index < -0.39 is 0 Å². The van der Waals surface area contributed by atoms with Gasteiger partial charge in [0, 0.05) is 54.7 Å². The maximum absolute atomic E-state index is 5.86. The number of anilines is 4. The normalized spacial score (nSPS) is 21.5. The third-order valence-electron chi connectivity index (χ3n) is 7.56. The third kappa shape index (κ3) is 5.12. The van der Waals surface area contributed by atoms with Gasteiger partial charge in [-0.1, -0.05) is 26.5 Å². The van der Waals surface area contributed by atoms with Gasteiger partial charge in [-0.2, -0.15) is 0 Å². The van der Waals surface area contributed by atoms with Gasteiger partial charge in [0.1, 0.15) is 11.6 Å². The molecule has 182 valence electrons. The molecule has 2 aliphatic rings. The van der Waals surface area contributed by atoms with Gasteiger partial charge in [0.25, 0.3) is 0 Å². The Hall–Kier alpha value is -2.86. The predicted octanol–water partition coefficient (Wildman–Crippen LogP) is 6.50. The second-order valence-corrected chi connectivity index (χ2v) is 9.76. The monoisotopic (exact) mass is 461 g/mol.